The maximum Gasteiger partial charge on any atom is 0.120 e. The minimum Gasteiger partial charge on any atom is -0.488 e. The van der Waals surface area contributed by atoms with Crippen LogP contribution in [0.3, 0.4) is 0 Å². The van der Waals surface area contributed by atoms with Gasteiger partial charge in [0.2, 0.25) is 0 Å². The molecule has 1 aromatic rings. The molecule has 0 fully saturated rings. The van der Waals surface area contributed by atoms with Gasteiger partial charge in [-0.25, -0.2) is 0 Å². The summed E-state index contributed by atoms with van der Waals surface area (Å²) in [7, 11) is 0. The van der Waals surface area contributed by atoms with Gasteiger partial charge < -0.3 is 10.5 Å². The maximum atomic E-state index is 5.66. The monoisotopic (exact) mass is 209 g/mol. The SMILES string of the molecule is CC.CC(C)(C)Oc1ccc(CN)cc1. The molecule has 0 amide bonds. The van der Waals surface area contributed by atoms with Crippen molar-refractivity contribution in [2.45, 2.75) is 46.8 Å². The van der Waals surface area contributed by atoms with E-state index in [1.165, 1.54) is 0 Å². The van der Waals surface area contributed by atoms with Gasteiger partial charge in [0, 0.05) is 6.54 Å². The first-order valence-corrected chi connectivity index (χ1v) is 5.49. The highest BCUT2D eigenvalue weighted by atomic mass is 16.5. The summed E-state index contributed by atoms with van der Waals surface area (Å²) in [6.07, 6.45) is 0. The van der Waals surface area contributed by atoms with Gasteiger partial charge in [0.1, 0.15) is 11.4 Å². The van der Waals surface area contributed by atoms with E-state index in [0.29, 0.717) is 6.54 Å². The lowest BCUT2D eigenvalue weighted by Gasteiger charge is -2.21. The minimum atomic E-state index is -0.135. The molecule has 15 heavy (non-hydrogen) atoms. The third kappa shape index (κ3) is 6.13. The van der Waals surface area contributed by atoms with Gasteiger partial charge in [-0.1, -0.05) is 26.0 Å². The Kier molecular flexibility index (Phi) is 6.02. The van der Waals surface area contributed by atoms with Crippen molar-refractivity contribution in [3.05, 3.63) is 29.8 Å². The van der Waals surface area contributed by atoms with Crippen LogP contribution in [0.25, 0.3) is 0 Å². The van der Waals surface area contributed by atoms with Gasteiger partial charge in [-0.05, 0) is 38.5 Å². The Morgan fingerprint density at radius 3 is 1.87 bits per heavy atom. The fraction of sp³-hybridized carbons (Fsp3) is 0.538. The van der Waals surface area contributed by atoms with Gasteiger partial charge in [0.15, 0.2) is 0 Å². The van der Waals surface area contributed by atoms with Crippen LogP contribution in [0, 0.1) is 0 Å². The van der Waals surface area contributed by atoms with E-state index in [4.69, 9.17) is 10.5 Å². The highest BCUT2D eigenvalue weighted by Gasteiger charge is 2.10. The van der Waals surface area contributed by atoms with Crippen LogP contribution in [0.15, 0.2) is 24.3 Å². The highest BCUT2D eigenvalue weighted by molar-refractivity contribution is 5.27. The lowest BCUT2D eigenvalue weighted by atomic mass is 10.2. The summed E-state index contributed by atoms with van der Waals surface area (Å²) in [5.41, 5.74) is 6.48. The van der Waals surface area contributed by atoms with Crippen LogP contribution < -0.4 is 10.5 Å². The Bertz CT molecular complexity index is 259. The Morgan fingerprint density at radius 1 is 1.07 bits per heavy atom. The summed E-state index contributed by atoms with van der Waals surface area (Å²) in [4.78, 5) is 0. The molecular weight excluding hydrogens is 186 g/mol. The van der Waals surface area contributed by atoms with Crippen molar-refractivity contribution < 1.29 is 4.74 Å². The second-order valence-electron chi connectivity index (χ2n) is 4.06. The largest absolute Gasteiger partial charge is 0.488 e. The molecule has 0 atom stereocenters. The van der Waals surface area contributed by atoms with E-state index in [2.05, 4.69) is 0 Å². The molecule has 0 bridgehead atoms. The second-order valence-corrected chi connectivity index (χ2v) is 4.06. The first-order chi connectivity index (χ1) is 7.01. The molecule has 0 aliphatic rings. The molecule has 2 nitrogen and oxygen atoms in total. The molecule has 0 aromatic heterocycles. The van der Waals surface area contributed by atoms with Crippen molar-refractivity contribution in [1.29, 1.82) is 0 Å². The summed E-state index contributed by atoms with van der Waals surface area (Å²) in [6, 6.07) is 7.88. The average Bonchev–Trinajstić information content (AvgIpc) is 2.20. The van der Waals surface area contributed by atoms with Crippen LogP contribution in [0.2, 0.25) is 0 Å². The number of hydrogen-bond donors (Lipinski definition) is 1. The quantitative estimate of drug-likeness (QED) is 0.810. The molecule has 0 aliphatic carbocycles. The summed E-state index contributed by atoms with van der Waals surface area (Å²) < 4.78 is 5.66. The number of ether oxygens (including phenoxy) is 1. The fourth-order valence-corrected chi connectivity index (χ4v) is 1.05. The second kappa shape index (κ2) is 6.46. The number of hydrogen-bond acceptors (Lipinski definition) is 2. The van der Waals surface area contributed by atoms with Crippen LogP contribution in [0.5, 0.6) is 5.75 Å². The van der Waals surface area contributed by atoms with Crippen LogP contribution in [0.4, 0.5) is 0 Å². The van der Waals surface area contributed by atoms with E-state index >= 15 is 0 Å². The van der Waals surface area contributed by atoms with Gasteiger partial charge in [-0.2, -0.15) is 0 Å². The zero-order chi connectivity index (χ0) is 11.9. The molecule has 0 heterocycles. The predicted molar refractivity (Wildman–Crippen MR) is 66.1 cm³/mol. The predicted octanol–water partition coefficient (Wildman–Crippen LogP) is 3.35. The standard InChI is InChI=1S/C11H17NO.C2H6/c1-11(2,3)13-10-6-4-9(8-12)5-7-10;1-2/h4-7H,8,12H2,1-3H3;1-2H3. The molecule has 2 N–H and O–H groups in total. The molecule has 0 unspecified atom stereocenters. The van der Waals surface area contributed by atoms with Gasteiger partial charge >= 0.3 is 0 Å². The number of rotatable bonds is 2. The van der Waals surface area contributed by atoms with Gasteiger partial charge in [0.05, 0.1) is 0 Å². The molecule has 0 saturated carbocycles. The van der Waals surface area contributed by atoms with Crippen molar-refractivity contribution in [3.63, 3.8) is 0 Å². The summed E-state index contributed by atoms with van der Waals surface area (Å²) >= 11 is 0. The maximum absolute atomic E-state index is 5.66. The molecule has 2 heteroatoms. The molecule has 1 aromatic carbocycles. The van der Waals surface area contributed by atoms with E-state index in [1.807, 2.05) is 58.9 Å². The molecule has 86 valence electrons. The summed E-state index contributed by atoms with van der Waals surface area (Å²) in [6.45, 7) is 10.7. The molecule has 1 rings (SSSR count). The van der Waals surface area contributed by atoms with E-state index < -0.39 is 0 Å². The average molecular weight is 209 g/mol. The minimum absolute atomic E-state index is 0.135. The lowest BCUT2D eigenvalue weighted by molar-refractivity contribution is 0.131. The first-order valence-electron chi connectivity index (χ1n) is 5.49. The normalized spacial score (nSPS) is 10.3. The third-order valence-electron chi connectivity index (χ3n) is 1.58. The first kappa shape index (κ1) is 14.0. The lowest BCUT2D eigenvalue weighted by Crippen LogP contribution is -2.22. The van der Waals surface area contributed by atoms with Crippen LogP contribution in [0.1, 0.15) is 40.2 Å². The van der Waals surface area contributed by atoms with Crippen LogP contribution in [-0.2, 0) is 6.54 Å². The van der Waals surface area contributed by atoms with E-state index in [1.54, 1.807) is 0 Å². The fourth-order valence-electron chi connectivity index (χ4n) is 1.05. The van der Waals surface area contributed by atoms with Crippen molar-refractivity contribution in [3.8, 4) is 5.75 Å². The Labute approximate surface area is 93.4 Å². The number of benzene rings is 1. The van der Waals surface area contributed by atoms with Gasteiger partial charge in [0.25, 0.3) is 0 Å². The third-order valence-corrected chi connectivity index (χ3v) is 1.58. The molecule has 0 radical (unpaired) electrons. The van der Waals surface area contributed by atoms with Crippen molar-refractivity contribution in [2.24, 2.45) is 5.73 Å². The Morgan fingerprint density at radius 2 is 1.53 bits per heavy atom. The zero-order valence-corrected chi connectivity index (χ0v) is 10.5. The van der Waals surface area contributed by atoms with Gasteiger partial charge in [-0.3, -0.25) is 0 Å². The zero-order valence-electron chi connectivity index (χ0n) is 10.5. The van der Waals surface area contributed by atoms with E-state index in [9.17, 15) is 0 Å². The molecule has 0 saturated heterocycles. The Balaban J connectivity index is 0.000000921. The summed E-state index contributed by atoms with van der Waals surface area (Å²) in [5, 5.41) is 0. The highest BCUT2D eigenvalue weighted by Crippen LogP contribution is 2.18. The van der Waals surface area contributed by atoms with Crippen molar-refractivity contribution in [2.75, 3.05) is 0 Å². The Hall–Kier alpha value is -1.02. The topological polar surface area (TPSA) is 35.2 Å². The van der Waals surface area contributed by atoms with Crippen molar-refractivity contribution >= 4 is 0 Å². The molecule has 0 spiro atoms. The van der Waals surface area contributed by atoms with Gasteiger partial charge in [-0.15, -0.1) is 0 Å². The van der Waals surface area contributed by atoms with E-state index in [-0.39, 0.29) is 5.60 Å². The number of nitrogens with two attached hydrogens (primary N) is 1. The molecule has 0 aliphatic heterocycles. The van der Waals surface area contributed by atoms with E-state index in [0.717, 1.165) is 11.3 Å². The summed E-state index contributed by atoms with van der Waals surface area (Å²) in [5.74, 6) is 0.893. The molecular formula is C13H23NO. The van der Waals surface area contributed by atoms with Crippen LogP contribution >= 0.6 is 0 Å². The van der Waals surface area contributed by atoms with Crippen molar-refractivity contribution in [1.82, 2.24) is 0 Å². The smallest absolute Gasteiger partial charge is 0.120 e. The van der Waals surface area contributed by atoms with Crippen LogP contribution in [-0.4, -0.2) is 5.60 Å².